The summed E-state index contributed by atoms with van der Waals surface area (Å²) in [7, 11) is 1.75. The topological polar surface area (TPSA) is 78.9 Å². The summed E-state index contributed by atoms with van der Waals surface area (Å²) >= 11 is 0. The maximum Gasteiger partial charge on any atom is 0.226 e. The second-order valence-corrected chi connectivity index (χ2v) is 4.64. The lowest BCUT2D eigenvalue weighted by Gasteiger charge is -2.18. The van der Waals surface area contributed by atoms with Gasteiger partial charge in [-0.25, -0.2) is 0 Å². The number of amidine groups is 1. The van der Waals surface area contributed by atoms with Crippen molar-refractivity contribution in [3.63, 3.8) is 0 Å². The summed E-state index contributed by atoms with van der Waals surface area (Å²) in [6, 6.07) is 7.08. The van der Waals surface area contributed by atoms with E-state index in [1.807, 2.05) is 6.07 Å². The van der Waals surface area contributed by atoms with Crippen molar-refractivity contribution in [1.82, 2.24) is 0 Å². The minimum absolute atomic E-state index is 0.0416. The largest absolute Gasteiger partial charge is 0.409 e. The number of rotatable bonds is 4. The molecule has 5 nitrogen and oxygen atoms in total. The first-order chi connectivity index (χ1) is 8.61. The molecular weight excluding hydrogens is 230 g/mol. The molecule has 5 heteroatoms. The van der Waals surface area contributed by atoms with Crippen LogP contribution in [0.5, 0.6) is 0 Å². The molecule has 0 aliphatic heterocycles. The molecule has 2 rings (SSSR count). The smallest absolute Gasteiger partial charge is 0.226 e. The van der Waals surface area contributed by atoms with E-state index >= 15 is 0 Å². The summed E-state index contributed by atoms with van der Waals surface area (Å²) < 4.78 is 0. The third-order valence-corrected chi connectivity index (χ3v) is 3.17. The van der Waals surface area contributed by atoms with E-state index in [1.165, 1.54) is 0 Å². The van der Waals surface area contributed by atoms with Crippen molar-refractivity contribution in [3.8, 4) is 0 Å². The predicted octanol–water partition coefficient (Wildman–Crippen LogP) is 1.54. The van der Waals surface area contributed by atoms with E-state index in [9.17, 15) is 4.79 Å². The fraction of sp³-hybridized carbons (Fsp3) is 0.385. The van der Waals surface area contributed by atoms with E-state index in [2.05, 4.69) is 5.16 Å². The van der Waals surface area contributed by atoms with Crippen molar-refractivity contribution < 1.29 is 10.0 Å². The minimum Gasteiger partial charge on any atom is -0.409 e. The van der Waals surface area contributed by atoms with Crippen LogP contribution in [-0.4, -0.2) is 24.0 Å². The summed E-state index contributed by atoms with van der Waals surface area (Å²) in [6.45, 7) is 0. The van der Waals surface area contributed by atoms with Gasteiger partial charge in [-0.15, -0.1) is 0 Å². The number of hydrogen-bond acceptors (Lipinski definition) is 3. The zero-order chi connectivity index (χ0) is 13.1. The van der Waals surface area contributed by atoms with Gasteiger partial charge in [0.05, 0.1) is 0 Å². The van der Waals surface area contributed by atoms with Crippen LogP contribution in [0.15, 0.2) is 29.4 Å². The van der Waals surface area contributed by atoms with Crippen molar-refractivity contribution in [3.05, 3.63) is 29.8 Å². The van der Waals surface area contributed by atoms with Crippen molar-refractivity contribution in [2.24, 2.45) is 16.8 Å². The summed E-state index contributed by atoms with van der Waals surface area (Å²) in [5, 5.41) is 11.6. The lowest BCUT2D eigenvalue weighted by molar-refractivity contribution is -0.118. The first kappa shape index (κ1) is 12.4. The SMILES string of the molecule is CN(C(=O)CC1CC1)c1cccc(C(N)=NO)c1. The molecule has 0 radical (unpaired) electrons. The fourth-order valence-corrected chi connectivity index (χ4v) is 1.78. The highest BCUT2D eigenvalue weighted by Gasteiger charge is 2.26. The van der Waals surface area contributed by atoms with Crippen molar-refractivity contribution >= 4 is 17.4 Å². The molecule has 3 N–H and O–H groups in total. The molecule has 18 heavy (non-hydrogen) atoms. The number of benzene rings is 1. The van der Waals surface area contributed by atoms with E-state index in [-0.39, 0.29) is 11.7 Å². The second kappa shape index (κ2) is 5.08. The van der Waals surface area contributed by atoms with Gasteiger partial charge >= 0.3 is 0 Å². The highest BCUT2D eigenvalue weighted by molar-refractivity contribution is 5.99. The van der Waals surface area contributed by atoms with Gasteiger partial charge in [0.25, 0.3) is 0 Å². The van der Waals surface area contributed by atoms with Gasteiger partial charge in [-0.3, -0.25) is 4.79 Å². The van der Waals surface area contributed by atoms with Crippen LogP contribution in [0.4, 0.5) is 5.69 Å². The Bertz CT molecular complexity index is 481. The molecule has 1 aromatic carbocycles. The van der Waals surface area contributed by atoms with Crippen LogP contribution in [0.3, 0.4) is 0 Å². The molecular formula is C13H17N3O2. The van der Waals surface area contributed by atoms with Gasteiger partial charge in [-0.05, 0) is 30.9 Å². The Labute approximate surface area is 106 Å². The number of nitrogens with zero attached hydrogens (tertiary/aromatic N) is 2. The number of hydrogen-bond donors (Lipinski definition) is 2. The number of oxime groups is 1. The number of anilines is 1. The third kappa shape index (κ3) is 2.80. The van der Waals surface area contributed by atoms with Crippen LogP contribution in [0, 0.1) is 5.92 Å². The fourth-order valence-electron chi connectivity index (χ4n) is 1.78. The normalized spacial score (nSPS) is 15.5. The molecule has 0 spiro atoms. The monoisotopic (exact) mass is 247 g/mol. The second-order valence-electron chi connectivity index (χ2n) is 4.64. The van der Waals surface area contributed by atoms with Gasteiger partial charge in [0.1, 0.15) is 0 Å². The number of amides is 1. The van der Waals surface area contributed by atoms with Crippen LogP contribution in [0.25, 0.3) is 0 Å². The van der Waals surface area contributed by atoms with Crippen LogP contribution in [0.2, 0.25) is 0 Å². The van der Waals surface area contributed by atoms with Gasteiger partial charge in [0.2, 0.25) is 5.91 Å². The molecule has 0 unspecified atom stereocenters. The van der Waals surface area contributed by atoms with E-state index in [0.717, 1.165) is 18.5 Å². The lowest BCUT2D eigenvalue weighted by Crippen LogP contribution is -2.26. The quantitative estimate of drug-likeness (QED) is 0.366. The van der Waals surface area contributed by atoms with Crippen LogP contribution in [-0.2, 0) is 4.79 Å². The lowest BCUT2D eigenvalue weighted by atomic mass is 10.1. The summed E-state index contributed by atoms with van der Waals surface area (Å²) in [5.74, 6) is 0.709. The first-order valence-corrected chi connectivity index (χ1v) is 5.96. The van der Waals surface area contributed by atoms with Crippen LogP contribution in [0.1, 0.15) is 24.8 Å². The van der Waals surface area contributed by atoms with Crippen LogP contribution < -0.4 is 10.6 Å². The molecule has 0 aromatic heterocycles. The molecule has 96 valence electrons. The molecule has 0 bridgehead atoms. The Kier molecular flexibility index (Phi) is 3.50. The molecule has 1 aliphatic carbocycles. The highest BCUT2D eigenvalue weighted by atomic mass is 16.4. The molecule has 1 aromatic rings. The standard InChI is InChI=1S/C13H17N3O2/c1-16(12(17)7-9-5-6-9)11-4-2-3-10(8-11)13(14)15-18/h2-4,8-9,18H,5-7H2,1H3,(H2,14,15). The van der Waals surface area contributed by atoms with Gasteiger partial charge in [0, 0.05) is 24.7 Å². The maximum atomic E-state index is 12.0. The van der Waals surface area contributed by atoms with Crippen molar-refractivity contribution in [1.29, 1.82) is 0 Å². The van der Waals surface area contributed by atoms with E-state index in [0.29, 0.717) is 17.9 Å². The van der Waals surface area contributed by atoms with Crippen molar-refractivity contribution in [2.45, 2.75) is 19.3 Å². The molecule has 0 heterocycles. The molecule has 1 amide bonds. The van der Waals surface area contributed by atoms with Gasteiger partial charge < -0.3 is 15.8 Å². The molecule has 0 saturated heterocycles. The zero-order valence-electron chi connectivity index (χ0n) is 10.3. The van der Waals surface area contributed by atoms with E-state index in [1.54, 1.807) is 30.1 Å². The summed E-state index contributed by atoms with van der Waals surface area (Å²) in [5.41, 5.74) is 6.88. The van der Waals surface area contributed by atoms with Crippen molar-refractivity contribution in [2.75, 3.05) is 11.9 Å². The number of carbonyl (C=O) groups excluding carboxylic acids is 1. The summed E-state index contributed by atoms with van der Waals surface area (Å²) in [4.78, 5) is 13.6. The maximum absolute atomic E-state index is 12.0. The molecule has 1 aliphatic rings. The Balaban J connectivity index is 2.13. The summed E-state index contributed by atoms with van der Waals surface area (Å²) in [6.07, 6.45) is 2.91. The third-order valence-electron chi connectivity index (χ3n) is 3.17. The minimum atomic E-state index is 0.0416. The van der Waals surface area contributed by atoms with E-state index in [4.69, 9.17) is 10.9 Å². The van der Waals surface area contributed by atoms with Gasteiger partial charge in [0.15, 0.2) is 5.84 Å². The Hall–Kier alpha value is -2.04. The average molecular weight is 247 g/mol. The van der Waals surface area contributed by atoms with E-state index < -0.39 is 0 Å². The van der Waals surface area contributed by atoms with Crippen LogP contribution >= 0.6 is 0 Å². The van der Waals surface area contributed by atoms with Gasteiger partial charge in [-0.2, -0.15) is 0 Å². The Morgan fingerprint density at radius 3 is 2.89 bits per heavy atom. The predicted molar refractivity (Wildman–Crippen MR) is 69.7 cm³/mol. The Morgan fingerprint density at radius 1 is 1.56 bits per heavy atom. The first-order valence-electron chi connectivity index (χ1n) is 5.96. The zero-order valence-corrected chi connectivity index (χ0v) is 10.3. The Morgan fingerprint density at radius 2 is 2.28 bits per heavy atom. The van der Waals surface area contributed by atoms with Gasteiger partial charge in [-0.1, -0.05) is 17.3 Å². The highest BCUT2D eigenvalue weighted by Crippen LogP contribution is 2.33. The number of nitrogens with two attached hydrogens (primary N) is 1. The molecule has 1 saturated carbocycles. The average Bonchev–Trinajstić information content (AvgIpc) is 3.20. The number of carbonyl (C=O) groups is 1. The molecule has 0 atom stereocenters. The molecule has 1 fully saturated rings.